The number of rotatable bonds is 10. The Kier molecular flexibility index (Phi) is 9.20. The maximum atomic E-state index is 6.83. The minimum atomic E-state index is 0.371. The zero-order valence-corrected chi connectivity index (χ0v) is 25.5. The average Bonchev–Trinajstić information content (AvgIpc) is 3.05. The Bertz CT molecular complexity index is 1570. The Hall–Kier alpha value is -3.94. The molecule has 1 fully saturated rings. The Morgan fingerprint density at radius 3 is 2.49 bits per heavy atom. The highest BCUT2D eigenvalue weighted by atomic mass is 35.5. The minimum Gasteiger partial charge on any atom is -0.488 e. The van der Waals surface area contributed by atoms with E-state index in [0.717, 1.165) is 70.3 Å². The summed E-state index contributed by atoms with van der Waals surface area (Å²) in [4.78, 5) is 6.67. The van der Waals surface area contributed by atoms with Crippen molar-refractivity contribution in [2.24, 2.45) is 0 Å². The number of fused-ring (bicyclic) bond motifs is 1. The van der Waals surface area contributed by atoms with Crippen molar-refractivity contribution in [3.63, 3.8) is 0 Å². The van der Waals surface area contributed by atoms with Crippen LogP contribution in [0.4, 0.5) is 0 Å². The molecular formula is C35H37ClN2O5. The number of hydrogen-bond donors (Lipinski definition) is 0. The van der Waals surface area contributed by atoms with E-state index in [1.165, 1.54) is 19.3 Å². The molecule has 4 aromatic rings. The summed E-state index contributed by atoms with van der Waals surface area (Å²) < 4.78 is 29.6. The van der Waals surface area contributed by atoms with Crippen molar-refractivity contribution in [3.05, 3.63) is 94.1 Å². The van der Waals surface area contributed by atoms with Crippen LogP contribution in [0.5, 0.6) is 28.9 Å². The molecule has 0 saturated carbocycles. The quantitative estimate of drug-likeness (QED) is 0.185. The number of pyridine rings is 1. The zero-order valence-electron chi connectivity index (χ0n) is 24.7. The molecule has 2 aliphatic heterocycles. The van der Waals surface area contributed by atoms with Crippen LogP contribution in [0.25, 0.3) is 11.1 Å². The predicted molar refractivity (Wildman–Crippen MR) is 168 cm³/mol. The van der Waals surface area contributed by atoms with E-state index in [4.69, 9.17) is 35.3 Å². The maximum absolute atomic E-state index is 6.83. The molecule has 7 nitrogen and oxygen atoms in total. The predicted octanol–water partition coefficient (Wildman–Crippen LogP) is 7.63. The van der Waals surface area contributed by atoms with Crippen molar-refractivity contribution >= 4 is 11.6 Å². The van der Waals surface area contributed by atoms with E-state index >= 15 is 0 Å². The molecule has 0 spiro atoms. The molecule has 0 N–H and O–H groups in total. The van der Waals surface area contributed by atoms with Crippen LogP contribution in [0.15, 0.2) is 66.9 Å². The molecule has 3 heterocycles. The SMILES string of the molecule is COc1cc(COc2cc(OCc3cccc(-c4ccc5c(c4)OCCO5)c3C)c(Cl)cc2CN2CCCCC2)ccn1. The average molecular weight is 601 g/mol. The summed E-state index contributed by atoms with van der Waals surface area (Å²) in [6, 6.07) is 20.1. The number of benzene rings is 3. The molecule has 8 heteroatoms. The number of piperidine rings is 1. The van der Waals surface area contributed by atoms with Gasteiger partial charge in [-0.3, -0.25) is 4.90 Å². The van der Waals surface area contributed by atoms with Crippen LogP contribution >= 0.6 is 11.6 Å². The van der Waals surface area contributed by atoms with E-state index in [0.29, 0.717) is 43.1 Å². The first-order valence-corrected chi connectivity index (χ1v) is 15.2. The van der Waals surface area contributed by atoms with Gasteiger partial charge in [-0.25, -0.2) is 4.98 Å². The summed E-state index contributed by atoms with van der Waals surface area (Å²) in [6.45, 7) is 6.94. The standard InChI is InChI=1S/C35H37ClN2O5/c1-24-27(7-6-8-29(24)26-9-10-31-34(19-26)41-16-15-40-31)23-43-33-20-32(42-22-25-11-12-37-35(17-25)39-2)28(18-30(33)36)21-38-13-4-3-5-14-38/h6-12,17-20H,3-5,13-16,21-23H2,1-2H3. The smallest absolute Gasteiger partial charge is 0.213 e. The summed E-state index contributed by atoms with van der Waals surface area (Å²) in [5.41, 5.74) is 6.44. The van der Waals surface area contributed by atoms with Crippen LogP contribution in [0, 0.1) is 6.92 Å². The lowest BCUT2D eigenvalue weighted by Crippen LogP contribution is -2.29. The highest BCUT2D eigenvalue weighted by Crippen LogP contribution is 2.38. The number of ether oxygens (including phenoxy) is 5. The third kappa shape index (κ3) is 7.00. The van der Waals surface area contributed by atoms with Gasteiger partial charge >= 0.3 is 0 Å². The topological polar surface area (TPSA) is 62.3 Å². The molecule has 224 valence electrons. The van der Waals surface area contributed by atoms with E-state index in [1.54, 1.807) is 13.3 Å². The van der Waals surface area contributed by atoms with Gasteiger partial charge in [-0.1, -0.05) is 42.3 Å². The van der Waals surface area contributed by atoms with Crippen LogP contribution in [0.1, 0.15) is 41.5 Å². The minimum absolute atomic E-state index is 0.371. The highest BCUT2D eigenvalue weighted by Gasteiger charge is 2.18. The number of hydrogen-bond acceptors (Lipinski definition) is 7. The second kappa shape index (κ2) is 13.6. The van der Waals surface area contributed by atoms with Gasteiger partial charge < -0.3 is 23.7 Å². The molecule has 2 aliphatic rings. The molecular weight excluding hydrogens is 564 g/mol. The third-order valence-corrected chi connectivity index (χ3v) is 8.34. The number of likely N-dealkylation sites (tertiary alicyclic amines) is 1. The lowest BCUT2D eigenvalue weighted by molar-refractivity contribution is 0.171. The van der Waals surface area contributed by atoms with Gasteiger partial charge in [-0.05, 0) is 84.9 Å². The molecule has 1 aromatic heterocycles. The van der Waals surface area contributed by atoms with Crippen LogP contribution in [-0.2, 0) is 19.8 Å². The van der Waals surface area contributed by atoms with Crippen molar-refractivity contribution < 1.29 is 23.7 Å². The normalized spacial score (nSPS) is 14.8. The Morgan fingerprint density at radius 1 is 0.837 bits per heavy atom. The van der Waals surface area contributed by atoms with Gasteiger partial charge in [0.2, 0.25) is 5.88 Å². The van der Waals surface area contributed by atoms with Crippen LogP contribution in [0.3, 0.4) is 0 Å². The molecule has 0 aliphatic carbocycles. The van der Waals surface area contributed by atoms with Crippen molar-refractivity contribution in [3.8, 4) is 40.0 Å². The maximum Gasteiger partial charge on any atom is 0.213 e. The zero-order chi connectivity index (χ0) is 29.6. The van der Waals surface area contributed by atoms with E-state index in [1.807, 2.05) is 36.4 Å². The fraction of sp³-hybridized carbons (Fsp3) is 0.343. The molecule has 0 unspecified atom stereocenters. The fourth-order valence-electron chi connectivity index (χ4n) is 5.63. The molecule has 3 aromatic carbocycles. The van der Waals surface area contributed by atoms with Crippen molar-refractivity contribution in [2.45, 2.75) is 45.9 Å². The molecule has 1 saturated heterocycles. The summed E-state index contributed by atoms with van der Waals surface area (Å²) >= 11 is 6.83. The van der Waals surface area contributed by atoms with Crippen molar-refractivity contribution in [1.82, 2.24) is 9.88 Å². The van der Waals surface area contributed by atoms with Crippen LogP contribution < -0.4 is 23.7 Å². The first kappa shape index (κ1) is 29.1. The molecule has 0 bridgehead atoms. The molecule has 0 radical (unpaired) electrons. The molecule has 6 rings (SSSR count). The lowest BCUT2D eigenvalue weighted by atomic mass is 9.96. The van der Waals surface area contributed by atoms with E-state index in [9.17, 15) is 0 Å². The summed E-state index contributed by atoms with van der Waals surface area (Å²) in [6.07, 6.45) is 5.44. The number of aromatic nitrogens is 1. The van der Waals surface area contributed by atoms with Gasteiger partial charge in [-0.15, -0.1) is 0 Å². The van der Waals surface area contributed by atoms with Gasteiger partial charge in [0, 0.05) is 30.4 Å². The third-order valence-electron chi connectivity index (χ3n) is 8.04. The number of methoxy groups -OCH3 is 1. The largest absolute Gasteiger partial charge is 0.488 e. The van der Waals surface area contributed by atoms with Gasteiger partial charge in [0.15, 0.2) is 11.5 Å². The van der Waals surface area contributed by atoms with Gasteiger partial charge in [0.1, 0.15) is 37.9 Å². The van der Waals surface area contributed by atoms with Crippen LogP contribution in [0.2, 0.25) is 5.02 Å². The Balaban J connectivity index is 1.22. The van der Waals surface area contributed by atoms with Gasteiger partial charge in [-0.2, -0.15) is 0 Å². The monoisotopic (exact) mass is 600 g/mol. The van der Waals surface area contributed by atoms with E-state index in [2.05, 4.69) is 41.1 Å². The molecule has 0 amide bonds. The first-order valence-electron chi connectivity index (χ1n) is 14.8. The van der Waals surface area contributed by atoms with Crippen molar-refractivity contribution in [1.29, 1.82) is 0 Å². The summed E-state index contributed by atoms with van der Waals surface area (Å²) in [5.74, 6) is 3.48. The molecule has 0 atom stereocenters. The van der Waals surface area contributed by atoms with Gasteiger partial charge in [0.25, 0.3) is 0 Å². The fourth-order valence-corrected chi connectivity index (χ4v) is 5.88. The summed E-state index contributed by atoms with van der Waals surface area (Å²) in [5, 5.41) is 0.575. The van der Waals surface area contributed by atoms with E-state index < -0.39 is 0 Å². The van der Waals surface area contributed by atoms with E-state index in [-0.39, 0.29) is 0 Å². The summed E-state index contributed by atoms with van der Waals surface area (Å²) in [7, 11) is 1.61. The number of nitrogens with zero attached hydrogens (tertiary/aromatic N) is 2. The van der Waals surface area contributed by atoms with Gasteiger partial charge in [0.05, 0.1) is 12.1 Å². The first-order chi connectivity index (χ1) is 21.1. The molecule has 43 heavy (non-hydrogen) atoms. The Morgan fingerprint density at radius 2 is 1.65 bits per heavy atom. The van der Waals surface area contributed by atoms with Crippen LogP contribution in [-0.4, -0.2) is 43.3 Å². The number of halogens is 1. The second-order valence-electron chi connectivity index (χ2n) is 11.0. The Labute approximate surface area is 258 Å². The highest BCUT2D eigenvalue weighted by molar-refractivity contribution is 6.32. The lowest BCUT2D eigenvalue weighted by Gasteiger charge is -2.27. The van der Waals surface area contributed by atoms with Crippen molar-refractivity contribution in [2.75, 3.05) is 33.4 Å². The second-order valence-corrected chi connectivity index (χ2v) is 11.4.